The van der Waals surface area contributed by atoms with Crippen molar-refractivity contribution in [3.8, 4) is 0 Å². The number of rotatable bonds is 4. The van der Waals surface area contributed by atoms with E-state index < -0.39 is 22.7 Å². The lowest BCUT2D eigenvalue weighted by atomic mass is 10.0. The molecule has 1 amide bonds. The van der Waals surface area contributed by atoms with Gasteiger partial charge < -0.3 is 4.74 Å². The van der Waals surface area contributed by atoms with Crippen LogP contribution in [0, 0.1) is 16.0 Å². The van der Waals surface area contributed by atoms with E-state index in [0.29, 0.717) is 11.4 Å². The van der Waals surface area contributed by atoms with Gasteiger partial charge in [-0.3, -0.25) is 19.7 Å². The number of esters is 1. The van der Waals surface area contributed by atoms with Crippen LogP contribution in [0.15, 0.2) is 29.4 Å². The number of ether oxygens (including phenoxy) is 1. The zero-order valence-electron chi connectivity index (χ0n) is 11.5. The molecule has 1 aliphatic heterocycles. The Balaban J connectivity index is 2.27. The van der Waals surface area contributed by atoms with Crippen LogP contribution >= 0.6 is 0 Å². The van der Waals surface area contributed by atoms with E-state index in [1.54, 1.807) is 13.0 Å². The maximum atomic E-state index is 12.3. The van der Waals surface area contributed by atoms with Gasteiger partial charge in [0.25, 0.3) is 11.6 Å². The molecular weight excluding hydrogens is 278 g/mol. The van der Waals surface area contributed by atoms with Gasteiger partial charge in [-0.1, -0.05) is 6.07 Å². The van der Waals surface area contributed by atoms with E-state index in [1.807, 2.05) is 0 Å². The van der Waals surface area contributed by atoms with Gasteiger partial charge in [-0.25, -0.2) is 0 Å². The Morgan fingerprint density at radius 3 is 2.86 bits per heavy atom. The zero-order valence-corrected chi connectivity index (χ0v) is 11.5. The van der Waals surface area contributed by atoms with E-state index in [1.165, 1.54) is 25.3 Å². The molecule has 0 saturated heterocycles. The number of hydrogen-bond donors (Lipinski definition) is 0. The average Bonchev–Trinajstić information content (AvgIpc) is 2.75. The Morgan fingerprint density at radius 2 is 2.24 bits per heavy atom. The average molecular weight is 291 g/mol. The van der Waals surface area contributed by atoms with Gasteiger partial charge in [0.1, 0.15) is 0 Å². The summed E-state index contributed by atoms with van der Waals surface area (Å²) in [5, 5.41) is 15.9. The second-order valence-electron chi connectivity index (χ2n) is 4.50. The van der Waals surface area contributed by atoms with Crippen LogP contribution in [0.1, 0.15) is 13.3 Å². The molecule has 0 radical (unpaired) electrons. The predicted molar refractivity (Wildman–Crippen MR) is 73.8 cm³/mol. The van der Waals surface area contributed by atoms with Crippen molar-refractivity contribution in [2.45, 2.75) is 13.3 Å². The van der Waals surface area contributed by atoms with Gasteiger partial charge in [0.05, 0.1) is 30.1 Å². The topological polar surface area (TPSA) is 102 Å². The van der Waals surface area contributed by atoms with Gasteiger partial charge in [-0.2, -0.15) is 10.1 Å². The molecule has 0 aromatic heterocycles. The highest BCUT2D eigenvalue weighted by molar-refractivity contribution is 6.16. The fourth-order valence-electron chi connectivity index (χ4n) is 2.01. The first-order chi connectivity index (χ1) is 9.93. The molecule has 1 atom stereocenters. The smallest absolute Gasteiger partial charge is 0.306 e. The number of benzene rings is 1. The maximum Gasteiger partial charge on any atom is 0.306 e. The third kappa shape index (κ3) is 2.88. The molecule has 8 heteroatoms. The number of methoxy groups -OCH3 is 1. The minimum absolute atomic E-state index is 0.101. The first-order valence-electron chi connectivity index (χ1n) is 6.14. The van der Waals surface area contributed by atoms with E-state index >= 15 is 0 Å². The van der Waals surface area contributed by atoms with E-state index in [2.05, 4.69) is 9.84 Å². The fraction of sp³-hybridized carbons (Fsp3) is 0.308. The third-order valence-corrected chi connectivity index (χ3v) is 3.15. The summed E-state index contributed by atoms with van der Waals surface area (Å²) in [6.45, 7) is 1.63. The van der Waals surface area contributed by atoms with Crippen molar-refractivity contribution in [3.63, 3.8) is 0 Å². The summed E-state index contributed by atoms with van der Waals surface area (Å²) in [7, 11) is 1.24. The number of hydrogen-bond acceptors (Lipinski definition) is 6. The molecule has 21 heavy (non-hydrogen) atoms. The lowest BCUT2D eigenvalue weighted by molar-refractivity contribution is -0.384. The highest BCUT2D eigenvalue weighted by Crippen LogP contribution is 2.28. The zero-order chi connectivity index (χ0) is 15.6. The third-order valence-electron chi connectivity index (χ3n) is 3.15. The molecule has 2 rings (SSSR count). The number of nitro groups is 1. The van der Waals surface area contributed by atoms with E-state index in [4.69, 9.17) is 0 Å². The summed E-state index contributed by atoms with van der Waals surface area (Å²) in [5.74, 6) is -1.61. The number of hydrazone groups is 1. The molecule has 0 aliphatic carbocycles. The summed E-state index contributed by atoms with van der Waals surface area (Å²) in [6.07, 6.45) is -0.101. The largest absolute Gasteiger partial charge is 0.469 e. The van der Waals surface area contributed by atoms with E-state index in [-0.39, 0.29) is 12.1 Å². The van der Waals surface area contributed by atoms with Crippen LogP contribution in [0.3, 0.4) is 0 Å². The Kier molecular flexibility index (Phi) is 3.97. The Labute approximate surface area is 120 Å². The van der Waals surface area contributed by atoms with Crippen molar-refractivity contribution >= 4 is 29.0 Å². The number of nitro benzene ring substituents is 1. The first-order valence-corrected chi connectivity index (χ1v) is 6.14. The van der Waals surface area contributed by atoms with Crippen molar-refractivity contribution in [1.82, 2.24) is 0 Å². The number of nitrogens with zero attached hydrogens (tertiary/aromatic N) is 3. The van der Waals surface area contributed by atoms with Gasteiger partial charge in [0.2, 0.25) is 0 Å². The Hall–Kier alpha value is -2.77. The van der Waals surface area contributed by atoms with E-state index in [0.717, 1.165) is 5.01 Å². The molecule has 8 nitrogen and oxygen atoms in total. The van der Waals surface area contributed by atoms with Crippen molar-refractivity contribution < 1.29 is 19.2 Å². The normalized spacial score (nSPS) is 17.6. The second kappa shape index (κ2) is 5.70. The van der Waals surface area contributed by atoms with Gasteiger partial charge in [-0.15, -0.1) is 0 Å². The van der Waals surface area contributed by atoms with Crippen molar-refractivity contribution in [3.05, 3.63) is 34.4 Å². The Morgan fingerprint density at radius 1 is 1.52 bits per heavy atom. The molecule has 0 bridgehead atoms. The summed E-state index contributed by atoms with van der Waals surface area (Å²) in [5.41, 5.74) is 0.627. The molecule has 1 unspecified atom stereocenters. The molecule has 0 fully saturated rings. The van der Waals surface area contributed by atoms with Crippen LogP contribution in [0.5, 0.6) is 0 Å². The number of anilines is 1. The van der Waals surface area contributed by atoms with Crippen LogP contribution in [0.4, 0.5) is 11.4 Å². The molecule has 1 aromatic carbocycles. The van der Waals surface area contributed by atoms with Crippen LogP contribution < -0.4 is 5.01 Å². The minimum Gasteiger partial charge on any atom is -0.469 e. The SMILES string of the molecule is COC(=O)CC1C(=O)N(c2cccc([N+](=O)[O-])c2)N=C1C. The standard InChI is InChI=1S/C13H13N3O5/c1-8-11(7-12(17)21-2)13(18)15(14-8)9-4-3-5-10(6-9)16(19)20/h3-6,11H,7H2,1-2H3. The van der Waals surface area contributed by atoms with E-state index in [9.17, 15) is 19.7 Å². The Bertz CT molecular complexity index is 640. The van der Waals surface area contributed by atoms with Gasteiger partial charge in [0.15, 0.2) is 0 Å². The van der Waals surface area contributed by atoms with Crippen LogP contribution in [-0.2, 0) is 14.3 Å². The van der Waals surface area contributed by atoms with Gasteiger partial charge in [-0.05, 0) is 13.0 Å². The lowest BCUT2D eigenvalue weighted by Crippen LogP contribution is -2.29. The summed E-state index contributed by atoms with van der Waals surface area (Å²) in [6, 6.07) is 5.60. The highest BCUT2D eigenvalue weighted by Gasteiger charge is 2.36. The monoisotopic (exact) mass is 291 g/mol. The quantitative estimate of drug-likeness (QED) is 0.475. The van der Waals surface area contributed by atoms with Crippen LogP contribution in [-0.4, -0.2) is 29.6 Å². The molecule has 1 aromatic rings. The molecular formula is C13H13N3O5. The first kappa shape index (κ1) is 14.6. The molecule has 1 aliphatic rings. The molecule has 110 valence electrons. The van der Waals surface area contributed by atoms with Crippen LogP contribution in [0.25, 0.3) is 0 Å². The van der Waals surface area contributed by atoms with Crippen molar-refractivity contribution in [2.24, 2.45) is 11.0 Å². The number of carbonyl (C=O) groups is 2. The predicted octanol–water partition coefficient (Wildman–Crippen LogP) is 1.50. The van der Waals surface area contributed by atoms with Gasteiger partial charge >= 0.3 is 5.97 Å². The summed E-state index contributed by atoms with van der Waals surface area (Å²) >= 11 is 0. The molecule has 1 heterocycles. The molecule has 0 N–H and O–H groups in total. The number of carbonyl (C=O) groups excluding carboxylic acids is 2. The van der Waals surface area contributed by atoms with Crippen molar-refractivity contribution in [2.75, 3.05) is 12.1 Å². The molecule has 0 spiro atoms. The van der Waals surface area contributed by atoms with Crippen molar-refractivity contribution in [1.29, 1.82) is 0 Å². The maximum absolute atomic E-state index is 12.3. The lowest BCUT2D eigenvalue weighted by Gasteiger charge is -2.13. The van der Waals surface area contributed by atoms with Gasteiger partial charge in [0, 0.05) is 17.8 Å². The summed E-state index contributed by atoms with van der Waals surface area (Å²) in [4.78, 5) is 33.8. The second-order valence-corrected chi connectivity index (χ2v) is 4.50. The van der Waals surface area contributed by atoms with Crippen LogP contribution in [0.2, 0.25) is 0 Å². The minimum atomic E-state index is -0.697. The number of amides is 1. The highest BCUT2D eigenvalue weighted by atomic mass is 16.6. The molecule has 0 saturated carbocycles. The summed E-state index contributed by atoms with van der Waals surface area (Å²) < 4.78 is 4.55. The number of non-ortho nitro benzene ring substituents is 1. The fourth-order valence-corrected chi connectivity index (χ4v) is 2.01.